The van der Waals surface area contributed by atoms with E-state index in [1.807, 2.05) is 35.6 Å². The summed E-state index contributed by atoms with van der Waals surface area (Å²) in [6, 6.07) is 64.5. The number of rotatable bonds is 6. The van der Waals surface area contributed by atoms with Crippen LogP contribution >= 0.6 is 11.3 Å². The molecule has 0 aliphatic heterocycles. The maximum atomic E-state index is 6.65. The lowest BCUT2D eigenvalue weighted by Crippen LogP contribution is -2.11. The minimum atomic E-state index is 0.608. The molecule has 51 heavy (non-hydrogen) atoms. The van der Waals surface area contributed by atoms with E-state index < -0.39 is 0 Å². The minimum absolute atomic E-state index is 0.608. The zero-order valence-corrected chi connectivity index (χ0v) is 28.3. The summed E-state index contributed by atoms with van der Waals surface area (Å²) in [6.45, 7) is 0. The monoisotopic (exact) mass is 670 g/mol. The number of para-hydroxylation sites is 2. The van der Waals surface area contributed by atoms with E-state index in [0.717, 1.165) is 39.1 Å². The molecule has 240 valence electrons. The van der Waals surface area contributed by atoms with Crippen molar-refractivity contribution in [1.29, 1.82) is 0 Å². The average Bonchev–Trinajstić information content (AvgIpc) is 3.79. The van der Waals surface area contributed by atoms with E-state index in [2.05, 4.69) is 163 Å². The predicted octanol–water partition coefficient (Wildman–Crippen LogP) is 13.8. The Hall–Kier alpha value is -6.49. The van der Waals surface area contributed by atoms with Crippen LogP contribution < -0.4 is 4.90 Å². The summed E-state index contributed by atoms with van der Waals surface area (Å²) in [7, 11) is 0. The van der Waals surface area contributed by atoms with E-state index in [9.17, 15) is 0 Å². The molecule has 4 heteroatoms. The molecule has 0 spiro atoms. The highest BCUT2D eigenvalue weighted by Crippen LogP contribution is 2.49. The van der Waals surface area contributed by atoms with Crippen LogP contribution in [0.4, 0.5) is 17.1 Å². The van der Waals surface area contributed by atoms with Crippen molar-refractivity contribution in [3.63, 3.8) is 0 Å². The highest BCUT2D eigenvalue weighted by atomic mass is 32.1. The van der Waals surface area contributed by atoms with Crippen LogP contribution in [-0.4, -0.2) is 4.98 Å². The van der Waals surface area contributed by atoms with Gasteiger partial charge >= 0.3 is 0 Å². The third kappa shape index (κ3) is 5.16. The molecule has 0 atom stereocenters. The van der Waals surface area contributed by atoms with Gasteiger partial charge in [0.05, 0.1) is 11.3 Å². The first-order chi connectivity index (χ1) is 25.3. The van der Waals surface area contributed by atoms with E-state index in [1.165, 1.54) is 47.8 Å². The third-order valence-corrected chi connectivity index (χ3v) is 10.8. The molecule has 8 aromatic carbocycles. The highest BCUT2D eigenvalue weighted by molar-refractivity contribution is 7.26. The van der Waals surface area contributed by atoms with Crippen LogP contribution in [0.1, 0.15) is 0 Å². The standard InChI is InChI=1S/C47H30N2OS/c1-3-11-31(12-4-1)33-19-23-37(24-20-33)49(38-25-21-34(22-26-38)32-13-5-2-6-14-32)41-27-28-43-45(46(41)47-48-40-17-9-10-18-42(40)50-47)39-29-35-15-7-8-16-36(35)30-44(39)51-43/h1-30H. The number of anilines is 3. The normalized spacial score (nSPS) is 11.5. The molecule has 0 radical (unpaired) electrons. The van der Waals surface area contributed by atoms with Gasteiger partial charge in [0.1, 0.15) is 5.52 Å². The van der Waals surface area contributed by atoms with Crippen LogP contribution in [-0.2, 0) is 0 Å². The zero-order valence-electron chi connectivity index (χ0n) is 27.5. The van der Waals surface area contributed by atoms with Gasteiger partial charge in [-0.3, -0.25) is 0 Å². The van der Waals surface area contributed by atoms with Crippen molar-refractivity contribution < 1.29 is 4.42 Å². The summed E-state index contributed by atoms with van der Waals surface area (Å²) in [5.41, 5.74) is 10.4. The SMILES string of the molecule is c1ccc(-c2ccc(N(c3ccc(-c4ccccc4)cc3)c3ccc4sc5cc6ccccc6cc5c4c3-c3nc4ccccc4o3)cc2)cc1. The Morgan fingerprint density at radius 2 is 1.02 bits per heavy atom. The molecule has 0 aliphatic carbocycles. The van der Waals surface area contributed by atoms with Crippen LogP contribution in [0.5, 0.6) is 0 Å². The van der Waals surface area contributed by atoms with Gasteiger partial charge in [-0.25, -0.2) is 4.98 Å². The molecule has 0 saturated carbocycles. The van der Waals surface area contributed by atoms with Crippen LogP contribution in [0.25, 0.3) is 75.8 Å². The first-order valence-electron chi connectivity index (χ1n) is 17.1. The molecule has 0 saturated heterocycles. The largest absolute Gasteiger partial charge is 0.436 e. The fourth-order valence-corrected chi connectivity index (χ4v) is 8.36. The summed E-state index contributed by atoms with van der Waals surface area (Å²) < 4.78 is 9.09. The van der Waals surface area contributed by atoms with Gasteiger partial charge in [0.25, 0.3) is 0 Å². The van der Waals surface area contributed by atoms with Gasteiger partial charge in [0, 0.05) is 31.5 Å². The Bertz CT molecular complexity index is 2720. The van der Waals surface area contributed by atoms with Crippen molar-refractivity contribution in [1.82, 2.24) is 4.98 Å². The number of oxazole rings is 1. The average molecular weight is 671 g/mol. The molecule has 10 aromatic rings. The van der Waals surface area contributed by atoms with Gasteiger partial charge in [0.2, 0.25) is 5.89 Å². The molecule has 2 heterocycles. The summed E-state index contributed by atoms with van der Waals surface area (Å²) in [6.07, 6.45) is 0. The fraction of sp³-hybridized carbons (Fsp3) is 0. The van der Waals surface area contributed by atoms with E-state index in [0.29, 0.717) is 5.89 Å². The van der Waals surface area contributed by atoms with Crippen molar-refractivity contribution >= 4 is 70.4 Å². The minimum Gasteiger partial charge on any atom is -0.436 e. The summed E-state index contributed by atoms with van der Waals surface area (Å²) in [4.78, 5) is 7.48. The van der Waals surface area contributed by atoms with Gasteiger partial charge in [-0.05, 0) is 93.7 Å². The topological polar surface area (TPSA) is 29.3 Å². The van der Waals surface area contributed by atoms with Crippen LogP contribution in [0.15, 0.2) is 186 Å². The maximum Gasteiger partial charge on any atom is 0.230 e. The van der Waals surface area contributed by atoms with Crippen molar-refractivity contribution in [2.24, 2.45) is 0 Å². The molecule has 0 amide bonds. The molecule has 3 nitrogen and oxygen atoms in total. The zero-order chi connectivity index (χ0) is 33.7. The summed E-state index contributed by atoms with van der Waals surface area (Å²) >= 11 is 1.82. The molecule has 0 bridgehead atoms. The molecule has 0 aliphatic rings. The van der Waals surface area contributed by atoms with Gasteiger partial charge in [-0.2, -0.15) is 0 Å². The van der Waals surface area contributed by atoms with Crippen LogP contribution in [0.3, 0.4) is 0 Å². The Balaban J connectivity index is 1.25. The van der Waals surface area contributed by atoms with Crippen molar-refractivity contribution in [2.45, 2.75) is 0 Å². The second kappa shape index (κ2) is 12.1. The molecule has 0 N–H and O–H groups in total. The lowest BCUT2D eigenvalue weighted by Gasteiger charge is -2.28. The smallest absolute Gasteiger partial charge is 0.230 e. The van der Waals surface area contributed by atoms with Gasteiger partial charge in [-0.1, -0.05) is 121 Å². The second-order valence-electron chi connectivity index (χ2n) is 12.8. The number of hydrogen-bond donors (Lipinski definition) is 0. The van der Waals surface area contributed by atoms with E-state index >= 15 is 0 Å². The van der Waals surface area contributed by atoms with E-state index in [-0.39, 0.29) is 0 Å². The van der Waals surface area contributed by atoms with Gasteiger partial charge in [-0.15, -0.1) is 11.3 Å². The Labute approximate surface area is 299 Å². The maximum absolute atomic E-state index is 6.65. The fourth-order valence-electron chi connectivity index (χ4n) is 7.22. The Morgan fingerprint density at radius 1 is 0.471 bits per heavy atom. The van der Waals surface area contributed by atoms with Crippen molar-refractivity contribution in [2.75, 3.05) is 4.90 Å². The number of benzene rings is 8. The van der Waals surface area contributed by atoms with E-state index in [1.54, 1.807) is 0 Å². The molecule has 0 unspecified atom stereocenters. The first kappa shape index (κ1) is 29.4. The lowest BCUT2D eigenvalue weighted by molar-refractivity contribution is 0.621. The Kier molecular flexibility index (Phi) is 7.00. The summed E-state index contributed by atoms with van der Waals surface area (Å²) in [5, 5.41) is 4.80. The van der Waals surface area contributed by atoms with Crippen LogP contribution in [0, 0.1) is 0 Å². The number of thiophene rings is 1. The van der Waals surface area contributed by atoms with Gasteiger partial charge < -0.3 is 9.32 Å². The molecular formula is C47H30N2OS. The molecule has 10 rings (SSSR count). The van der Waals surface area contributed by atoms with Crippen molar-refractivity contribution in [3.05, 3.63) is 182 Å². The van der Waals surface area contributed by atoms with Crippen LogP contribution in [0.2, 0.25) is 0 Å². The number of fused-ring (bicyclic) bond motifs is 5. The second-order valence-corrected chi connectivity index (χ2v) is 13.9. The van der Waals surface area contributed by atoms with Crippen molar-refractivity contribution in [3.8, 4) is 33.7 Å². The number of nitrogens with zero attached hydrogens (tertiary/aromatic N) is 2. The lowest BCUT2D eigenvalue weighted by atomic mass is 9.99. The third-order valence-electron chi connectivity index (χ3n) is 9.70. The summed E-state index contributed by atoms with van der Waals surface area (Å²) in [5.74, 6) is 0.608. The molecule has 2 aromatic heterocycles. The Morgan fingerprint density at radius 3 is 1.65 bits per heavy atom. The number of hydrogen-bond acceptors (Lipinski definition) is 4. The predicted molar refractivity (Wildman–Crippen MR) is 215 cm³/mol. The first-order valence-corrected chi connectivity index (χ1v) is 17.9. The number of aromatic nitrogens is 1. The van der Waals surface area contributed by atoms with Gasteiger partial charge in [0.15, 0.2) is 5.58 Å². The quantitative estimate of drug-likeness (QED) is 0.176. The highest BCUT2D eigenvalue weighted by Gasteiger charge is 2.25. The molecular weight excluding hydrogens is 641 g/mol. The molecule has 0 fully saturated rings. The van der Waals surface area contributed by atoms with E-state index in [4.69, 9.17) is 9.40 Å².